The lowest BCUT2D eigenvalue weighted by molar-refractivity contribution is -0.00177. The average molecular weight is 534 g/mol. The van der Waals surface area contributed by atoms with E-state index in [-0.39, 0.29) is 33.5 Å². The van der Waals surface area contributed by atoms with Gasteiger partial charge >= 0.3 is 0 Å². The molecular weight excluding hydrogens is 509 g/mol. The number of aliphatic hydroxyl groups is 2. The second kappa shape index (κ2) is 10.7. The number of carbonyl (C=O) groups excluding carboxylic acids is 1. The van der Waals surface area contributed by atoms with Crippen LogP contribution in [0.4, 0.5) is 26.8 Å². The van der Waals surface area contributed by atoms with Crippen molar-refractivity contribution in [2.75, 3.05) is 17.2 Å². The van der Waals surface area contributed by atoms with Crippen LogP contribution in [0.5, 0.6) is 0 Å². The zero-order chi connectivity index (χ0) is 26.7. The van der Waals surface area contributed by atoms with Crippen LogP contribution in [-0.2, 0) is 5.60 Å². The van der Waals surface area contributed by atoms with Crippen molar-refractivity contribution >= 4 is 51.3 Å². The van der Waals surface area contributed by atoms with E-state index in [9.17, 15) is 19.4 Å². The molecule has 5 N–H and O–H groups in total. The summed E-state index contributed by atoms with van der Waals surface area (Å²) in [7, 11) is 0. The van der Waals surface area contributed by atoms with Crippen molar-refractivity contribution in [2.45, 2.75) is 45.1 Å². The van der Waals surface area contributed by atoms with Crippen LogP contribution in [-0.4, -0.2) is 49.4 Å². The summed E-state index contributed by atoms with van der Waals surface area (Å²) in [4.78, 5) is 26.0. The van der Waals surface area contributed by atoms with E-state index in [0.29, 0.717) is 10.0 Å². The standard InChI is InChI=1S/C23H25ClFN7O3S/c1-22(2,34)16(25)10-29-20(33)13-9-27-18(32-19-14(24)5-12(7-26)8-28-19)6-15(13)31-21-30-11-17(36-21)23(3,4)35/h5-6,8-9,11,16,34-35H,10H2,1-4H3,(H,29,33)(H2,27,28,30,31,32). The van der Waals surface area contributed by atoms with E-state index in [1.54, 1.807) is 13.8 Å². The molecule has 0 aromatic carbocycles. The van der Waals surface area contributed by atoms with E-state index in [0.717, 1.165) is 0 Å². The second-order valence-corrected chi connectivity index (χ2v) is 10.4. The zero-order valence-electron chi connectivity index (χ0n) is 19.9. The number of nitrogens with zero attached hydrogens (tertiary/aromatic N) is 4. The molecule has 0 aliphatic heterocycles. The molecule has 10 nitrogen and oxygen atoms in total. The molecule has 3 rings (SSSR count). The van der Waals surface area contributed by atoms with Gasteiger partial charge < -0.3 is 26.2 Å². The Labute approximate surface area is 216 Å². The van der Waals surface area contributed by atoms with Gasteiger partial charge in [0.15, 0.2) is 5.13 Å². The largest absolute Gasteiger partial charge is 0.387 e. The number of aromatic nitrogens is 3. The van der Waals surface area contributed by atoms with Gasteiger partial charge in [-0.25, -0.2) is 19.3 Å². The van der Waals surface area contributed by atoms with Gasteiger partial charge in [-0.15, -0.1) is 0 Å². The Morgan fingerprint density at radius 1 is 1.17 bits per heavy atom. The first-order valence-corrected chi connectivity index (χ1v) is 11.9. The van der Waals surface area contributed by atoms with E-state index >= 15 is 0 Å². The molecule has 0 saturated heterocycles. The van der Waals surface area contributed by atoms with Gasteiger partial charge in [0.05, 0.1) is 44.5 Å². The topological polar surface area (TPSA) is 156 Å². The minimum absolute atomic E-state index is 0.0855. The van der Waals surface area contributed by atoms with Crippen LogP contribution in [0.2, 0.25) is 5.02 Å². The monoisotopic (exact) mass is 533 g/mol. The molecule has 0 radical (unpaired) electrons. The number of carbonyl (C=O) groups is 1. The van der Waals surface area contributed by atoms with Crippen LogP contribution in [0.1, 0.15) is 48.5 Å². The summed E-state index contributed by atoms with van der Waals surface area (Å²) >= 11 is 7.38. The third-order valence-electron chi connectivity index (χ3n) is 4.92. The molecule has 1 atom stereocenters. The van der Waals surface area contributed by atoms with Crippen LogP contribution in [0.3, 0.4) is 0 Å². The first-order chi connectivity index (χ1) is 16.8. The van der Waals surface area contributed by atoms with Crippen molar-refractivity contribution in [2.24, 2.45) is 0 Å². The Bertz CT molecular complexity index is 1300. The summed E-state index contributed by atoms with van der Waals surface area (Å²) in [5.74, 6) is -0.111. The molecule has 1 unspecified atom stereocenters. The molecule has 3 heterocycles. The minimum atomic E-state index is -1.69. The molecule has 0 aliphatic rings. The number of thiazole rings is 1. The predicted octanol–water partition coefficient (Wildman–Crippen LogP) is 4.01. The van der Waals surface area contributed by atoms with Crippen LogP contribution >= 0.6 is 22.9 Å². The molecule has 1 amide bonds. The quantitative estimate of drug-likeness (QED) is 0.274. The second-order valence-electron chi connectivity index (χ2n) is 8.95. The van der Waals surface area contributed by atoms with Crippen LogP contribution in [0.25, 0.3) is 0 Å². The molecule has 0 spiro atoms. The van der Waals surface area contributed by atoms with Gasteiger partial charge in [0.25, 0.3) is 5.91 Å². The highest BCUT2D eigenvalue weighted by atomic mass is 35.5. The number of nitrogens with one attached hydrogen (secondary N) is 3. The van der Waals surface area contributed by atoms with Gasteiger partial charge in [-0.1, -0.05) is 22.9 Å². The SMILES string of the molecule is CC(C)(O)c1cnc(Nc2cc(Nc3ncc(C#N)cc3Cl)ncc2C(=O)NCC(F)C(C)(C)O)s1. The Morgan fingerprint density at radius 3 is 2.47 bits per heavy atom. The lowest BCUT2D eigenvalue weighted by Gasteiger charge is -2.22. The van der Waals surface area contributed by atoms with Gasteiger partial charge in [-0.05, 0) is 33.8 Å². The number of anilines is 4. The average Bonchev–Trinajstić information content (AvgIpc) is 3.27. The van der Waals surface area contributed by atoms with Crippen molar-refractivity contribution in [1.29, 1.82) is 5.26 Å². The van der Waals surface area contributed by atoms with Gasteiger partial charge in [0.1, 0.15) is 23.9 Å². The van der Waals surface area contributed by atoms with E-state index in [1.165, 1.54) is 55.9 Å². The molecule has 0 saturated carbocycles. The summed E-state index contributed by atoms with van der Waals surface area (Å²) < 4.78 is 14.2. The van der Waals surface area contributed by atoms with Crippen LogP contribution in [0.15, 0.2) is 30.7 Å². The highest BCUT2D eigenvalue weighted by Gasteiger charge is 2.27. The third kappa shape index (κ3) is 6.86. The van der Waals surface area contributed by atoms with E-state index in [2.05, 4.69) is 30.9 Å². The summed E-state index contributed by atoms with van der Waals surface area (Å²) in [5.41, 5.74) is -2.07. The fourth-order valence-corrected chi connectivity index (χ4v) is 3.82. The molecular formula is C23H25ClFN7O3S. The number of hydrogen-bond acceptors (Lipinski definition) is 10. The maximum absolute atomic E-state index is 14.2. The molecule has 0 aliphatic carbocycles. The van der Waals surface area contributed by atoms with E-state index < -0.39 is 29.8 Å². The van der Waals surface area contributed by atoms with Gasteiger partial charge in [0.2, 0.25) is 0 Å². The lowest BCUT2D eigenvalue weighted by atomic mass is 10.0. The summed E-state index contributed by atoms with van der Waals surface area (Å²) in [5, 5.41) is 38.0. The highest BCUT2D eigenvalue weighted by Crippen LogP contribution is 2.32. The van der Waals surface area contributed by atoms with Gasteiger partial charge in [0, 0.05) is 24.7 Å². The molecule has 3 aromatic rings. The summed E-state index contributed by atoms with van der Waals surface area (Å²) in [6.45, 7) is 5.46. The van der Waals surface area contributed by atoms with Crippen molar-refractivity contribution < 1.29 is 19.4 Å². The van der Waals surface area contributed by atoms with Crippen molar-refractivity contribution in [3.63, 3.8) is 0 Å². The zero-order valence-corrected chi connectivity index (χ0v) is 21.5. The molecule has 190 valence electrons. The molecule has 0 bridgehead atoms. The molecule has 36 heavy (non-hydrogen) atoms. The van der Waals surface area contributed by atoms with Crippen LogP contribution in [0, 0.1) is 11.3 Å². The Hall–Kier alpha value is -3.37. The number of alkyl halides is 1. The third-order valence-corrected chi connectivity index (χ3v) is 6.44. The van der Waals surface area contributed by atoms with E-state index in [1.807, 2.05) is 6.07 Å². The van der Waals surface area contributed by atoms with Crippen molar-refractivity contribution in [3.05, 3.63) is 51.7 Å². The predicted molar refractivity (Wildman–Crippen MR) is 136 cm³/mol. The fourth-order valence-electron chi connectivity index (χ4n) is 2.78. The number of hydrogen-bond donors (Lipinski definition) is 5. The molecule has 3 aromatic heterocycles. The highest BCUT2D eigenvalue weighted by molar-refractivity contribution is 7.15. The fraction of sp³-hybridized carbons (Fsp3) is 0.348. The molecule has 0 fully saturated rings. The summed E-state index contributed by atoms with van der Waals surface area (Å²) in [6.07, 6.45) is 2.45. The summed E-state index contributed by atoms with van der Waals surface area (Å²) in [6, 6.07) is 4.91. The normalized spacial score (nSPS) is 12.5. The number of rotatable bonds is 9. The minimum Gasteiger partial charge on any atom is -0.387 e. The maximum atomic E-state index is 14.2. The van der Waals surface area contributed by atoms with Crippen molar-refractivity contribution in [1.82, 2.24) is 20.3 Å². The number of nitriles is 1. The number of pyridine rings is 2. The van der Waals surface area contributed by atoms with E-state index in [4.69, 9.17) is 16.9 Å². The maximum Gasteiger partial charge on any atom is 0.255 e. The number of amides is 1. The Balaban J connectivity index is 1.91. The first-order valence-electron chi connectivity index (χ1n) is 10.7. The smallest absolute Gasteiger partial charge is 0.255 e. The Kier molecular flexibility index (Phi) is 8.10. The molecule has 13 heteroatoms. The Morgan fingerprint density at radius 2 is 1.89 bits per heavy atom. The van der Waals surface area contributed by atoms with Gasteiger partial charge in [-0.2, -0.15) is 5.26 Å². The lowest BCUT2D eigenvalue weighted by Crippen LogP contribution is -2.42. The van der Waals surface area contributed by atoms with Crippen LogP contribution < -0.4 is 16.0 Å². The number of halogens is 2. The van der Waals surface area contributed by atoms with Gasteiger partial charge in [-0.3, -0.25) is 4.79 Å². The van der Waals surface area contributed by atoms with Crippen molar-refractivity contribution in [3.8, 4) is 6.07 Å². The first kappa shape index (κ1) is 27.2.